The quantitative estimate of drug-likeness (QED) is 0.662. The van der Waals surface area contributed by atoms with Gasteiger partial charge in [0, 0.05) is 19.6 Å². The summed E-state index contributed by atoms with van der Waals surface area (Å²) in [5.41, 5.74) is 5.46. The molecule has 0 atom stereocenters. The maximum Gasteiger partial charge on any atom is 0.236 e. The Labute approximate surface area is 96.4 Å². The lowest BCUT2D eigenvalue weighted by Crippen LogP contribution is -2.42. The van der Waals surface area contributed by atoms with Crippen LogP contribution in [0.2, 0.25) is 0 Å². The van der Waals surface area contributed by atoms with Crippen molar-refractivity contribution in [2.24, 2.45) is 5.73 Å². The van der Waals surface area contributed by atoms with E-state index >= 15 is 0 Å². The van der Waals surface area contributed by atoms with Gasteiger partial charge in [-0.05, 0) is 19.4 Å². The van der Waals surface area contributed by atoms with Crippen LogP contribution in [0.4, 0.5) is 0 Å². The normalized spacial score (nSPS) is 15.4. The minimum atomic E-state index is 0.163. The summed E-state index contributed by atoms with van der Waals surface area (Å²) in [6.45, 7) is 3.74. The zero-order chi connectivity index (χ0) is 11.4. The highest BCUT2D eigenvalue weighted by Gasteiger charge is 2.29. The summed E-state index contributed by atoms with van der Waals surface area (Å²) < 4.78 is 0. The van der Waals surface area contributed by atoms with Crippen molar-refractivity contribution in [1.82, 2.24) is 9.80 Å². The van der Waals surface area contributed by atoms with Gasteiger partial charge >= 0.3 is 0 Å². The summed E-state index contributed by atoms with van der Waals surface area (Å²) in [6.07, 6.45) is 2.29. The van der Waals surface area contributed by atoms with E-state index < -0.39 is 0 Å². The first-order valence-corrected chi connectivity index (χ1v) is 5.71. The number of carbonyl (C=O) groups is 1. The van der Waals surface area contributed by atoms with E-state index in [-0.39, 0.29) is 5.91 Å². The lowest BCUT2D eigenvalue weighted by atomic mass is 10.4. The number of carbonyl (C=O) groups excluding carboxylic acids is 1. The van der Waals surface area contributed by atoms with E-state index in [0.29, 0.717) is 24.1 Å². The number of rotatable bonds is 6. The van der Waals surface area contributed by atoms with E-state index in [1.165, 1.54) is 0 Å². The lowest BCUT2D eigenvalue weighted by Gasteiger charge is -2.23. The molecule has 1 fully saturated rings. The fourth-order valence-corrected chi connectivity index (χ4v) is 1.65. The van der Waals surface area contributed by atoms with Crippen LogP contribution in [-0.2, 0) is 4.79 Å². The third-order valence-corrected chi connectivity index (χ3v) is 2.80. The Balaban J connectivity index is 2.36. The van der Waals surface area contributed by atoms with Gasteiger partial charge in [0.15, 0.2) is 0 Å². The van der Waals surface area contributed by atoms with Gasteiger partial charge in [-0.3, -0.25) is 9.69 Å². The predicted molar refractivity (Wildman–Crippen MR) is 64.7 cm³/mol. The zero-order valence-electron chi connectivity index (χ0n) is 9.40. The molecule has 15 heavy (non-hydrogen) atoms. The fraction of sp³-hybridized carbons (Fsp3) is 0.800. The Hall–Kier alpha value is -0.680. The van der Waals surface area contributed by atoms with Crippen LogP contribution in [0, 0.1) is 0 Å². The molecule has 0 saturated heterocycles. The van der Waals surface area contributed by atoms with E-state index in [9.17, 15) is 4.79 Å². The lowest BCUT2D eigenvalue weighted by molar-refractivity contribution is -0.131. The summed E-state index contributed by atoms with van der Waals surface area (Å²) in [5, 5.41) is 0. The Kier molecular flexibility index (Phi) is 4.47. The van der Waals surface area contributed by atoms with Crippen molar-refractivity contribution < 1.29 is 4.79 Å². The van der Waals surface area contributed by atoms with Crippen LogP contribution in [0.1, 0.15) is 19.8 Å². The third kappa shape index (κ3) is 4.13. The second-order valence-corrected chi connectivity index (χ2v) is 4.53. The Morgan fingerprint density at radius 3 is 2.47 bits per heavy atom. The highest BCUT2D eigenvalue weighted by atomic mass is 32.1. The largest absolute Gasteiger partial charge is 0.392 e. The summed E-state index contributed by atoms with van der Waals surface area (Å²) in [6, 6.07) is 0.473. The Morgan fingerprint density at radius 1 is 1.47 bits per heavy atom. The van der Waals surface area contributed by atoms with Crippen molar-refractivity contribution in [3.8, 4) is 0 Å². The number of hydrogen-bond donors (Lipinski definition) is 1. The van der Waals surface area contributed by atoms with Gasteiger partial charge in [-0.15, -0.1) is 0 Å². The summed E-state index contributed by atoms with van der Waals surface area (Å²) in [5.74, 6) is 0.163. The first kappa shape index (κ1) is 12.4. The Bertz CT molecular complexity index is 253. The summed E-state index contributed by atoms with van der Waals surface area (Å²) >= 11 is 4.83. The average Bonchev–Trinajstić information content (AvgIpc) is 2.97. The van der Waals surface area contributed by atoms with Crippen LogP contribution in [0.3, 0.4) is 0 Å². The molecule has 1 saturated carbocycles. The third-order valence-electron chi connectivity index (χ3n) is 2.67. The second-order valence-electron chi connectivity index (χ2n) is 4.01. The average molecular weight is 229 g/mol. The van der Waals surface area contributed by atoms with E-state index in [1.54, 1.807) is 0 Å². The highest BCUT2D eigenvalue weighted by molar-refractivity contribution is 7.80. The SMILES string of the molecule is CCN(CC(=O)N(C)C1CC1)CC(N)=S. The molecule has 0 unspecified atom stereocenters. The van der Waals surface area contributed by atoms with E-state index in [0.717, 1.165) is 19.4 Å². The molecule has 0 heterocycles. The number of hydrogen-bond acceptors (Lipinski definition) is 3. The molecule has 0 aromatic heterocycles. The fourth-order valence-electron chi connectivity index (χ4n) is 1.47. The molecular formula is C10H19N3OS. The maximum absolute atomic E-state index is 11.8. The molecule has 4 nitrogen and oxygen atoms in total. The van der Waals surface area contributed by atoms with E-state index in [4.69, 9.17) is 18.0 Å². The first-order chi connectivity index (χ1) is 7.04. The van der Waals surface area contributed by atoms with Crippen LogP contribution >= 0.6 is 12.2 Å². The standard InChI is InChI=1S/C10H19N3OS/c1-3-13(6-9(11)15)7-10(14)12(2)8-4-5-8/h8H,3-7H2,1-2H3,(H2,11,15). The van der Waals surface area contributed by atoms with Crippen LogP contribution < -0.4 is 5.73 Å². The number of nitrogens with zero attached hydrogens (tertiary/aromatic N) is 2. The molecule has 0 spiro atoms. The Morgan fingerprint density at radius 2 is 2.07 bits per heavy atom. The minimum Gasteiger partial charge on any atom is -0.392 e. The number of amides is 1. The molecule has 5 heteroatoms. The smallest absolute Gasteiger partial charge is 0.236 e. The van der Waals surface area contributed by atoms with Crippen molar-refractivity contribution >= 4 is 23.1 Å². The molecule has 0 aliphatic heterocycles. The van der Waals surface area contributed by atoms with Crippen LogP contribution in [-0.4, -0.2) is 53.4 Å². The summed E-state index contributed by atoms with van der Waals surface area (Å²) in [4.78, 5) is 16.0. The van der Waals surface area contributed by atoms with Gasteiger partial charge in [0.1, 0.15) is 0 Å². The van der Waals surface area contributed by atoms with Gasteiger partial charge in [-0.2, -0.15) is 0 Å². The first-order valence-electron chi connectivity index (χ1n) is 5.31. The van der Waals surface area contributed by atoms with Gasteiger partial charge in [0.2, 0.25) is 5.91 Å². The number of nitrogens with two attached hydrogens (primary N) is 1. The molecule has 1 aliphatic carbocycles. The monoisotopic (exact) mass is 229 g/mol. The van der Waals surface area contributed by atoms with E-state index in [2.05, 4.69) is 0 Å². The maximum atomic E-state index is 11.8. The molecule has 1 aliphatic rings. The minimum absolute atomic E-state index is 0.163. The van der Waals surface area contributed by atoms with E-state index in [1.807, 2.05) is 23.8 Å². The van der Waals surface area contributed by atoms with Gasteiger partial charge in [-0.25, -0.2) is 0 Å². The highest BCUT2D eigenvalue weighted by Crippen LogP contribution is 2.25. The van der Waals surface area contributed by atoms with Gasteiger partial charge in [0.25, 0.3) is 0 Å². The van der Waals surface area contributed by atoms with Crippen molar-refractivity contribution in [2.45, 2.75) is 25.8 Å². The molecule has 0 bridgehead atoms. The number of likely N-dealkylation sites (N-methyl/N-ethyl adjacent to an activating group) is 2. The molecule has 1 rings (SSSR count). The summed E-state index contributed by atoms with van der Waals surface area (Å²) in [7, 11) is 1.87. The van der Waals surface area contributed by atoms with Crippen LogP contribution in [0.5, 0.6) is 0 Å². The molecule has 1 amide bonds. The van der Waals surface area contributed by atoms with Gasteiger partial charge < -0.3 is 10.6 Å². The zero-order valence-corrected chi connectivity index (χ0v) is 10.2. The van der Waals surface area contributed by atoms with Crippen molar-refractivity contribution in [3.05, 3.63) is 0 Å². The molecule has 0 radical (unpaired) electrons. The molecule has 86 valence electrons. The second kappa shape index (κ2) is 5.42. The van der Waals surface area contributed by atoms with Gasteiger partial charge in [0.05, 0.1) is 11.5 Å². The van der Waals surface area contributed by atoms with Crippen molar-refractivity contribution in [2.75, 3.05) is 26.7 Å². The van der Waals surface area contributed by atoms with Crippen LogP contribution in [0.15, 0.2) is 0 Å². The van der Waals surface area contributed by atoms with Crippen LogP contribution in [0.25, 0.3) is 0 Å². The molecular weight excluding hydrogens is 210 g/mol. The number of thiocarbonyl (C=S) groups is 1. The topological polar surface area (TPSA) is 49.6 Å². The van der Waals surface area contributed by atoms with Crippen molar-refractivity contribution in [3.63, 3.8) is 0 Å². The molecule has 0 aromatic rings. The molecule has 0 aromatic carbocycles. The predicted octanol–water partition coefficient (Wildman–Crippen LogP) is 0.215. The molecule has 2 N–H and O–H groups in total. The van der Waals surface area contributed by atoms with Gasteiger partial charge in [-0.1, -0.05) is 19.1 Å². The van der Waals surface area contributed by atoms with Crippen molar-refractivity contribution in [1.29, 1.82) is 0 Å².